The summed E-state index contributed by atoms with van der Waals surface area (Å²) in [5, 5.41) is 3.11. The fourth-order valence-corrected chi connectivity index (χ4v) is 3.11. The fourth-order valence-electron chi connectivity index (χ4n) is 3.11. The molecular weight excluding hydrogens is 314 g/mol. The van der Waals surface area contributed by atoms with E-state index in [1.807, 2.05) is 53.9 Å². The Balaban J connectivity index is 1.80. The smallest absolute Gasteiger partial charge is 0.228 e. The molecular formula is C20H21N3O2. The van der Waals surface area contributed by atoms with Gasteiger partial charge in [0.25, 0.3) is 0 Å². The van der Waals surface area contributed by atoms with Crippen LogP contribution in [0, 0.1) is 12.8 Å². The monoisotopic (exact) mass is 335 g/mol. The summed E-state index contributed by atoms with van der Waals surface area (Å²) in [5.74, 6) is 1.74. The van der Waals surface area contributed by atoms with Gasteiger partial charge in [0.2, 0.25) is 5.91 Å². The van der Waals surface area contributed by atoms with Gasteiger partial charge in [0, 0.05) is 17.7 Å². The number of benzene rings is 1. The third-order valence-electron chi connectivity index (χ3n) is 4.86. The summed E-state index contributed by atoms with van der Waals surface area (Å²) in [4.78, 5) is 17.3. The number of methoxy groups -OCH3 is 1. The van der Waals surface area contributed by atoms with Gasteiger partial charge < -0.3 is 10.1 Å². The van der Waals surface area contributed by atoms with Crippen molar-refractivity contribution in [1.29, 1.82) is 0 Å². The van der Waals surface area contributed by atoms with E-state index < -0.39 is 0 Å². The maximum atomic E-state index is 12.5. The van der Waals surface area contributed by atoms with Crippen LogP contribution in [0.5, 0.6) is 5.75 Å². The first kappa shape index (κ1) is 15.7. The average molecular weight is 335 g/mol. The molecule has 0 radical (unpaired) electrons. The quantitative estimate of drug-likeness (QED) is 0.782. The molecule has 0 atom stereocenters. The van der Waals surface area contributed by atoms with E-state index in [1.54, 1.807) is 7.11 Å². The molecule has 1 aliphatic rings. The van der Waals surface area contributed by atoms with Crippen molar-refractivity contribution < 1.29 is 9.53 Å². The Morgan fingerprint density at radius 1 is 1.24 bits per heavy atom. The lowest BCUT2D eigenvalue weighted by Gasteiger charge is -2.24. The molecule has 5 heteroatoms. The van der Waals surface area contributed by atoms with E-state index in [0.717, 1.165) is 53.3 Å². The summed E-state index contributed by atoms with van der Waals surface area (Å²) >= 11 is 0. The lowest BCUT2D eigenvalue weighted by Crippen LogP contribution is -2.28. The number of anilines is 1. The van der Waals surface area contributed by atoms with E-state index >= 15 is 0 Å². The highest BCUT2D eigenvalue weighted by molar-refractivity contribution is 5.96. The minimum atomic E-state index is 0.0865. The minimum absolute atomic E-state index is 0.0865. The van der Waals surface area contributed by atoms with Crippen molar-refractivity contribution in [1.82, 2.24) is 9.38 Å². The molecule has 1 aromatic carbocycles. The van der Waals surface area contributed by atoms with Crippen molar-refractivity contribution in [3.8, 4) is 17.0 Å². The zero-order valence-corrected chi connectivity index (χ0v) is 14.5. The number of carbonyl (C=O) groups excluding carboxylic acids is 1. The van der Waals surface area contributed by atoms with Crippen LogP contribution in [-0.2, 0) is 4.79 Å². The normalized spacial score (nSPS) is 14.3. The molecule has 1 fully saturated rings. The third-order valence-corrected chi connectivity index (χ3v) is 4.86. The minimum Gasteiger partial charge on any atom is -0.497 e. The molecule has 0 bridgehead atoms. The van der Waals surface area contributed by atoms with Crippen molar-refractivity contribution in [2.75, 3.05) is 12.4 Å². The Labute approximate surface area is 146 Å². The van der Waals surface area contributed by atoms with E-state index in [4.69, 9.17) is 9.72 Å². The maximum absolute atomic E-state index is 12.5. The highest BCUT2D eigenvalue weighted by Crippen LogP contribution is 2.33. The summed E-state index contributed by atoms with van der Waals surface area (Å²) in [6, 6.07) is 11.8. The van der Waals surface area contributed by atoms with Gasteiger partial charge >= 0.3 is 0 Å². The number of imidazole rings is 1. The molecule has 3 aromatic rings. The van der Waals surface area contributed by atoms with Gasteiger partial charge in [0.15, 0.2) is 0 Å². The lowest BCUT2D eigenvalue weighted by molar-refractivity contribution is -0.122. The van der Waals surface area contributed by atoms with Crippen molar-refractivity contribution >= 4 is 17.4 Å². The number of aromatic nitrogens is 2. The molecule has 0 saturated heterocycles. The Morgan fingerprint density at radius 3 is 2.64 bits per heavy atom. The first-order chi connectivity index (χ1) is 12.2. The number of nitrogens with zero attached hydrogens (tertiary/aromatic N) is 2. The Hall–Kier alpha value is -2.82. The van der Waals surface area contributed by atoms with E-state index in [2.05, 4.69) is 5.32 Å². The van der Waals surface area contributed by atoms with E-state index in [-0.39, 0.29) is 11.8 Å². The molecule has 1 amide bonds. The molecule has 25 heavy (non-hydrogen) atoms. The predicted molar refractivity (Wildman–Crippen MR) is 97.9 cm³/mol. The number of hydrogen-bond donors (Lipinski definition) is 1. The second-order valence-corrected chi connectivity index (χ2v) is 6.59. The van der Waals surface area contributed by atoms with Crippen molar-refractivity contribution in [2.24, 2.45) is 5.92 Å². The molecule has 5 nitrogen and oxygen atoms in total. The van der Waals surface area contributed by atoms with Gasteiger partial charge in [-0.3, -0.25) is 9.20 Å². The largest absolute Gasteiger partial charge is 0.497 e. The van der Waals surface area contributed by atoms with Gasteiger partial charge in [-0.15, -0.1) is 0 Å². The number of carbonyl (C=O) groups is 1. The SMILES string of the molecule is COc1ccc(-c2nc3cc(C)ccn3c2NC(=O)C2CCC2)cc1. The Morgan fingerprint density at radius 2 is 2.00 bits per heavy atom. The van der Waals surface area contributed by atoms with E-state index in [1.165, 1.54) is 0 Å². The highest BCUT2D eigenvalue weighted by Gasteiger charge is 2.27. The van der Waals surface area contributed by atoms with Crippen LogP contribution in [-0.4, -0.2) is 22.4 Å². The van der Waals surface area contributed by atoms with Crippen LogP contribution in [0.2, 0.25) is 0 Å². The van der Waals surface area contributed by atoms with Crippen LogP contribution in [0.25, 0.3) is 16.9 Å². The average Bonchev–Trinajstić information content (AvgIpc) is 2.91. The van der Waals surface area contributed by atoms with Crippen LogP contribution < -0.4 is 10.1 Å². The highest BCUT2D eigenvalue weighted by atomic mass is 16.5. The molecule has 1 saturated carbocycles. The summed E-state index contributed by atoms with van der Waals surface area (Å²) in [6.07, 6.45) is 5.04. The fraction of sp³-hybridized carbons (Fsp3) is 0.300. The van der Waals surface area contributed by atoms with Gasteiger partial charge in [-0.1, -0.05) is 6.42 Å². The molecule has 2 heterocycles. The maximum Gasteiger partial charge on any atom is 0.228 e. The van der Waals surface area contributed by atoms with Crippen LogP contribution in [0.15, 0.2) is 42.6 Å². The lowest BCUT2D eigenvalue weighted by atomic mass is 9.85. The molecule has 0 aliphatic heterocycles. The van der Waals surface area contributed by atoms with Crippen LogP contribution in [0.1, 0.15) is 24.8 Å². The standard InChI is InChI=1S/C20H21N3O2/c1-13-10-11-23-17(12-13)21-18(14-6-8-16(25-2)9-7-14)19(23)22-20(24)15-4-3-5-15/h6-12,15H,3-5H2,1-2H3,(H,22,24). The summed E-state index contributed by atoms with van der Waals surface area (Å²) in [5.41, 5.74) is 3.69. The third kappa shape index (κ3) is 2.86. The summed E-state index contributed by atoms with van der Waals surface area (Å²) in [6.45, 7) is 2.04. The molecule has 0 spiro atoms. The van der Waals surface area contributed by atoms with Crippen LogP contribution >= 0.6 is 0 Å². The summed E-state index contributed by atoms with van der Waals surface area (Å²) < 4.78 is 7.18. The number of nitrogens with one attached hydrogen (secondary N) is 1. The van der Waals surface area contributed by atoms with Crippen molar-refractivity contribution in [3.63, 3.8) is 0 Å². The van der Waals surface area contributed by atoms with Gasteiger partial charge in [0.05, 0.1) is 7.11 Å². The van der Waals surface area contributed by atoms with E-state index in [0.29, 0.717) is 0 Å². The van der Waals surface area contributed by atoms with Crippen LogP contribution in [0.4, 0.5) is 5.82 Å². The second kappa shape index (κ2) is 6.24. The van der Waals surface area contributed by atoms with Crippen molar-refractivity contribution in [3.05, 3.63) is 48.2 Å². The number of ether oxygens (including phenoxy) is 1. The first-order valence-electron chi connectivity index (χ1n) is 8.60. The topological polar surface area (TPSA) is 55.6 Å². The van der Waals surface area contributed by atoms with Gasteiger partial charge in [-0.25, -0.2) is 4.98 Å². The number of hydrogen-bond acceptors (Lipinski definition) is 3. The Bertz CT molecular complexity index is 924. The summed E-state index contributed by atoms with van der Waals surface area (Å²) in [7, 11) is 1.65. The first-order valence-corrected chi connectivity index (χ1v) is 8.60. The molecule has 128 valence electrons. The second-order valence-electron chi connectivity index (χ2n) is 6.59. The predicted octanol–water partition coefficient (Wildman–Crippen LogP) is 4.06. The number of pyridine rings is 1. The number of rotatable bonds is 4. The van der Waals surface area contributed by atoms with Gasteiger partial charge in [-0.2, -0.15) is 0 Å². The number of fused-ring (bicyclic) bond motifs is 1. The number of amides is 1. The van der Waals surface area contributed by atoms with E-state index in [9.17, 15) is 4.79 Å². The zero-order chi connectivity index (χ0) is 17.4. The zero-order valence-electron chi connectivity index (χ0n) is 14.5. The molecule has 1 N–H and O–H groups in total. The Kier molecular flexibility index (Phi) is 3.92. The molecule has 1 aliphatic carbocycles. The van der Waals surface area contributed by atoms with Gasteiger partial charge in [0.1, 0.15) is 22.9 Å². The molecule has 2 aromatic heterocycles. The number of aryl methyl sites for hydroxylation is 1. The van der Waals surface area contributed by atoms with Crippen molar-refractivity contribution in [2.45, 2.75) is 26.2 Å². The molecule has 0 unspecified atom stereocenters. The van der Waals surface area contributed by atoms with Gasteiger partial charge in [-0.05, 0) is 61.7 Å². The molecule has 4 rings (SSSR count). The van der Waals surface area contributed by atoms with Crippen LogP contribution in [0.3, 0.4) is 0 Å².